The molecule has 0 aliphatic heterocycles. The molecule has 0 amide bonds. The fourth-order valence-corrected chi connectivity index (χ4v) is 1.71. The van der Waals surface area contributed by atoms with Gasteiger partial charge in [-0.05, 0) is 31.5 Å². The number of imidazole rings is 1. The van der Waals surface area contributed by atoms with Crippen LogP contribution in [0.5, 0.6) is 0 Å². The predicted octanol–water partition coefficient (Wildman–Crippen LogP) is 1.02. The Morgan fingerprint density at radius 2 is 2.27 bits per heavy atom. The second kappa shape index (κ2) is 3.55. The van der Waals surface area contributed by atoms with Gasteiger partial charge in [-0.2, -0.15) is 0 Å². The lowest BCUT2D eigenvalue weighted by Crippen LogP contribution is -2.22. The number of benzene rings is 1. The number of rotatable bonds is 2. The highest BCUT2D eigenvalue weighted by Crippen LogP contribution is 2.12. The number of aliphatic hydroxyl groups is 1. The van der Waals surface area contributed by atoms with E-state index in [1.807, 2.05) is 25.1 Å². The van der Waals surface area contributed by atoms with Crippen molar-refractivity contribution in [2.24, 2.45) is 0 Å². The van der Waals surface area contributed by atoms with Crippen molar-refractivity contribution >= 4 is 11.0 Å². The second-order valence-electron chi connectivity index (χ2n) is 3.91. The molecule has 1 atom stereocenters. The van der Waals surface area contributed by atoms with Gasteiger partial charge < -0.3 is 10.1 Å². The Hall–Kier alpha value is -1.55. The van der Waals surface area contributed by atoms with Crippen LogP contribution in [0.15, 0.2) is 23.0 Å². The minimum atomic E-state index is -0.526. The van der Waals surface area contributed by atoms with Crippen molar-refractivity contribution in [3.8, 4) is 0 Å². The molecule has 0 aliphatic rings. The maximum atomic E-state index is 11.6. The summed E-state index contributed by atoms with van der Waals surface area (Å²) in [6, 6.07) is 5.77. The Labute approximate surface area is 87.2 Å². The number of nitrogens with zero attached hydrogens (tertiary/aromatic N) is 1. The van der Waals surface area contributed by atoms with Gasteiger partial charge >= 0.3 is 5.69 Å². The lowest BCUT2D eigenvalue weighted by Gasteiger charge is -2.05. The molecular weight excluding hydrogens is 192 g/mol. The van der Waals surface area contributed by atoms with Gasteiger partial charge in [0.15, 0.2) is 0 Å². The Bertz CT molecular complexity index is 537. The van der Waals surface area contributed by atoms with E-state index < -0.39 is 6.10 Å². The highest BCUT2D eigenvalue weighted by atomic mass is 16.3. The van der Waals surface area contributed by atoms with Crippen LogP contribution in [0.1, 0.15) is 12.5 Å². The first-order valence-electron chi connectivity index (χ1n) is 4.95. The molecule has 4 nitrogen and oxygen atoms in total. The lowest BCUT2D eigenvalue weighted by molar-refractivity contribution is 0.174. The Morgan fingerprint density at radius 1 is 1.53 bits per heavy atom. The zero-order chi connectivity index (χ0) is 11.0. The van der Waals surface area contributed by atoms with Crippen molar-refractivity contribution in [2.75, 3.05) is 0 Å². The van der Waals surface area contributed by atoms with Crippen molar-refractivity contribution in [1.82, 2.24) is 9.55 Å². The van der Waals surface area contributed by atoms with Crippen LogP contribution in [-0.4, -0.2) is 20.8 Å². The van der Waals surface area contributed by atoms with Crippen LogP contribution in [0.25, 0.3) is 11.0 Å². The summed E-state index contributed by atoms with van der Waals surface area (Å²) >= 11 is 0. The zero-order valence-electron chi connectivity index (χ0n) is 8.82. The number of aryl methyl sites for hydroxylation is 1. The van der Waals surface area contributed by atoms with Crippen LogP contribution in [-0.2, 0) is 6.54 Å². The maximum Gasteiger partial charge on any atom is 0.326 e. The van der Waals surface area contributed by atoms with Gasteiger partial charge in [0.1, 0.15) is 0 Å². The minimum absolute atomic E-state index is 0.170. The van der Waals surface area contributed by atoms with E-state index in [1.54, 1.807) is 11.5 Å². The number of fused-ring (bicyclic) bond motifs is 1. The number of aromatic amines is 1. The number of aromatic nitrogens is 2. The molecule has 80 valence electrons. The van der Waals surface area contributed by atoms with E-state index in [4.69, 9.17) is 0 Å². The predicted molar refractivity (Wildman–Crippen MR) is 59.0 cm³/mol. The van der Waals surface area contributed by atoms with Gasteiger partial charge in [-0.25, -0.2) is 4.79 Å². The van der Waals surface area contributed by atoms with Crippen molar-refractivity contribution in [3.63, 3.8) is 0 Å². The first-order chi connectivity index (χ1) is 7.08. The molecule has 0 fully saturated rings. The highest BCUT2D eigenvalue weighted by Gasteiger charge is 2.08. The number of hydrogen-bond acceptors (Lipinski definition) is 2. The fourth-order valence-electron chi connectivity index (χ4n) is 1.71. The Kier molecular flexibility index (Phi) is 2.36. The molecule has 0 radical (unpaired) electrons. The topological polar surface area (TPSA) is 58.0 Å². The van der Waals surface area contributed by atoms with Crippen molar-refractivity contribution in [1.29, 1.82) is 0 Å². The normalized spacial score (nSPS) is 13.3. The average molecular weight is 206 g/mol. The van der Waals surface area contributed by atoms with E-state index in [2.05, 4.69) is 4.98 Å². The molecular formula is C11H14N2O2. The summed E-state index contributed by atoms with van der Waals surface area (Å²) in [5.41, 5.74) is 2.59. The molecule has 4 heteroatoms. The van der Waals surface area contributed by atoms with Gasteiger partial charge in [0, 0.05) is 0 Å². The summed E-state index contributed by atoms with van der Waals surface area (Å²) in [7, 11) is 0. The molecule has 1 aromatic carbocycles. The molecule has 2 N–H and O–H groups in total. The van der Waals surface area contributed by atoms with Gasteiger partial charge in [-0.3, -0.25) is 4.57 Å². The molecule has 0 aliphatic carbocycles. The van der Waals surface area contributed by atoms with Crippen LogP contribution in [0, 0.1) is 6.92 Å². The summed E-state index contributed by atoms with van der Waals surface area (Å²) in [5, 5.41) is 9.30. The second-order valence-corrected chi connectivity index (χ2v) is 3.91. The SMILES string of the molecule is Cc1ccc2[nH]c(=O)n(CC(C)O)c2c1. The first-order valence-corrected chi connectivity index (χ1v) is 4.95. The van der Waals surface area contributed by atoms with Crippen molar-refractivity contribution in [2.45, 2.75) is 26.5 Å². The molecule has 1 unspecified atom stereocenters. The molecule has 0 bridgehead atoms. The van der Waals surface area contributed by atoms with Crippen molar-refractivity contribution in [3.05, 3.63) is 34.2 Å². The summed E-state index contributed by atoms with van der Waals surface area (Å²) < 4.78 is 1.56. The largest absolute Gasteiger partial charge is 0.392 e. The zero-order valence-corrected chi connectivity index (χ0v) is 8.82. The number of hydrogen-bond donors (Lipinski definition) is 2. The van der Waals surface area contributed by atoms with Crippen LogP contribution >= 0.6 is 0 Å². The number of H-pyrrole nitrogens is 1. The molecule has 2 aromatic rings. The average Bonchev–Trinajstić information content (AvgIpc) is 2.43. The third-order valence-electron chi connectivity index (χ3n) is 2.38. The third-order valence-corrected chi connectivity index (χ3v) is 2.38. The number of nitrogens with one attached hydrogen (secondary N) is 1. The van der Waals surface area contributed by atoms with E-state index in [0.717, 1.165) is 16.6 Å². The Balaban J connectivity index is 2.65. The van der Waals surface area contributed by atoms with Gasteiger partial charge in [0.05, 0.1) is 23.7 Å². The molecule has 0 saturated carbocycles. The lowest BCUT2D eigenvalue weighted by atomic mass is 10.2. The number of aliphatic hydroxyl groups excluding tert-OH is 1. The van der Waals surface area contributed by atoms with E-state index >= 15 is 0 Å². The maximum absolute atomic E-state index is 11.6. The highest BCUT2D eigenvalue weighted by molar-refractivity contribution is 5.75. The van der Waals surface area contributed by atoms with E-state index in [1.165, 1.54) is 0 Å². The standard InChI is InChI=1S/C11H14N2O2/c1-7-3-4-9-10(5-7)13(6-8(2)14)11(15)12-9/h3-5,8,14H,6H2,1-2H3,(H,12,15). The van der Waals surface area contributed by atoms with E-state index in [-0.39, 0.29) is 5.69 Å². The molecule has 2 rings (SSSR count). The first kappa shape index (κ1) is 9.98. The molecule has 0 spiro atoms. The molecule has 1 aromatic heterocycles. The quantitative estimate of drug-likeness (QED) is 0.770. The van der Waals surface area contributed by atoms with E-state index in [0.29, 0.717) is 6.54 Å². The molecule has 15 heavy (non-hydrogen) atoms. The van der Waals surface area contributed by atoms with Gasteiger partial charge in [0.25, 0.3) is 0 Å². The van der Waals surface area contributed by atoms with Gasteiger partial charge in [-0.15, -0.1) is 0 Å². The summed E-state index contributed by atoms with van der Waals surface area (Å²) in [6.07, 6.45) is -0.526. The monoisotopic (exact) mass is 206 g/mol. The Morgan fingerprint density at radius 3 is 2.93 bits per heavy atom. The van der Waals surface area contributed by atoms with Crippen molar-refractivity contribution < 1.29 is 5.11 Å². The van der Waals surface area contributed by atoms with Crippen LogP contribution in [0.2, 0.25) is 0 Å². The van der Waals surface area contributed by atoms with Crippen LogP contribution in [0.4, 0.5) is 0 Å². The minimum Gasteiger partial charge on any atom is -0.392 e. The van der Waals surface area contributed by atoms with Crippen LogP contribution < -0.4 is 5.69 Å². The fraction of sp³-hybridized carbons (Fsp3) is 0.364. The molecule has 1 heterocycles. The van der Waals surface area contributed by atoms with E-state index in [9.17, 15) is 9.90 Å². The summed E-state index contributed by atoms with van der Waals surface area (Å²) in [5.74, 6) is 0. The van der Waals surface area contributed by atoms with Gasteiger partial charge in [0.2, 0.25) is 0 Å². The molecule has 0 saturated heterocycles. The van der Waals surface area contributed by atoms with Gasteiger partial charge in [-0.1, -0.05) is 6.07 Å². The third kappa shape index (κ3) is 1.80. The smallest absolute Gasteiger partial charge is 0.326 e. The summed E-state index contributed by atoms with van der Waals surface area (Å²) in [4.78, 5) is 14.3. The summed E-state index contributed by atoms with van der Waals surface area (Å²) in [6.45, 7) is 3.97. The van der Waals surface area contributed by atoms with Crippen LogP contribution in [0.3, 0.4) is 0 Å².